The van der Waals surface area contributed by atoms with Crippen molar-refractivity contribution in [1.29, 1.82) is 0 Å². The van der Waals surface area contributed by atoms with Gasteiger partial charge < -0.3 is 5.73 Å². The summed E-state index contributed by atoms with van der Waals surface area (Å²) in [6.45, 7) is 0.880. The fraction of sp³-hybridized carbons (Fsp3) is 0.700. The van der Waals surface area contributed by atoms with Gasteiger partial charge in [0.05, 0.1) is 11.9 Å². The zero-order chi connectivity index (χ0) is 13.2. The highest BCUT2D eigenvalue weighted by Gasteiger charge is 2.31. The fourth-order valence-electron chi connectivity index (χ4n) is 2.21. The largest absolute Gasteiger partial charge is 0.329 e. The second kappa shape index (κ2) is 5.25. The topological polar surface area (TPSA) is 93.2 Å². The van der Waals surface area contributed by atoms with E-state index >= 15 is 0 Å². The van der Waals surface area contributed by atoms with Gasteiger partial charge in [0.1, 0.15) is 0 Å². The Morgan fingerprint density at radius 2 is 2.33 bits per heavy atom. The number of anilines is 1. The molecule has 0 bridgehead atoms. The molecule has 0 aliphatic carbocycles. The van der Waals surface area contributed by atoms with E-state index in [0.29, 0.717) is 18.8 Å². The SMILES string of the molecule is Cn1cc(NS(=O)(=O)N2CCCCC2CN)cn1. The van der Waals surface area contributed by atoms with Crippen LogP contribution < -0.4 is 10.5 Å². The highest BCUT2D eigenvalue weighted by molar-refractivity contribution is 7.90. The molecule has 2 rings (SSSR count). The molecule has 1 aliphatic rings. The molecular weight excluding hydrogens is 254 g/mol. The maximum absolute atomic E-state index is 12.3. The van der Waals surface area contributed by atoms with Crippen molar-refractivity contribution in [2.45, 2.75) is 25.3 Å². The Kier molecular flexibility index (Phi) is 3.88. The molecule has 2 heterocycles. The molecule has 1 unspecified atom stereocenters. The van der Waals surface area contributed by atoms with Crippen molar-refractivity contribution in [3.8, 4) is 0 Å². The van der Waals surface area contributed by atoms with Crippen molar-refractivity contribution in [1.82, 2.24) is 14.1 Å². The van der Waals surface area contributed by atoms with Crippen molar-refractivity contribution in [2.24, 2.45) is 12.8 Å². The number of aryl methyl sites for hydroxylation is 1. The third-order valence-electron chi connectivity index (χ3n) is 3.11. The van der Waals surface area contributed by atoms with Crippen LogP contribution in [-0.4, -0.2) is 41.6 Å². The average molecular weight is 273 g/mol. The summed E-state index contributed by atoms with van der Waals surface area (Å²) in [5.41, 5.74) is 6.11. The van der Waals surface area contributed by atoms with Crippen LogP contribution in [-0.2, 0) is 17.3 Å². The molecule has 1 fully saturated rings. The number of piperidine rings is 1. The first-order valence-corrected chi connectivity index (χ1v) is 7.45. The molecule has 8 heteroatoms. The summed E-state index contributed by atoms with van der Waals surface area (Å²) in [5, 5.41) is 3.93. The summed E-state index contributed by atoms with van der Waals surface area (Å²) in [5.74, 6) is 0. The van der Waals surface area contributed by atoms with Crippen LogP contribution in [0, 0.1) is 0 Å². The predicted octanol–water partition coefficient (Wildman–Crippen LogP) is -0.110. The van der Waals surface area contributed by atoms with Crippen LogP contribution in [0.15, 0.2) is 12.4 Å². The lowest BCUT2D eigenvalue weighted by Gasteiger charge is -2.33. The highest BCUT2D eigenvalue weighted by atomic mass is 32.2. The zero-order valence-electron chi connectivity index (χ0n) is 10.4. The van der Waals surface area contributed by atoms with Crippen LogP contribution in [0.5, 0.6) is 0 Å². The first-order chi connectivity index (χ1) is 8.53. The van der Waals surface area contributed by atoms with E-state index in [2.05, 4.69) is 9.82 Å². The minimum Gasteiger partial charge on any atom is -0.329 e. The minimum atomic E-state index is -3.53. The van der Waals surface area contributed by atoms with Crippen LogP contribution in [0.1, 0.15) is 19.3 Å². The number of nitrogens with one attached hydrogen (secondary N) is 1. The molecule has 3 N–H and O–H groups in total. The summed E-state index contributed by atoms with van der Waals surface area (Å²) in [7, 11) is -1.80. The molecule has 0 spiro atoms. The third-order valence-corrected chi connectivity index (χ3v) is 4.70. The maximum Gasteiger partial charge on any atom is 0.302 e. The molecule has 102 valence electrons. The van der Waals surface area contributed by atoms with Gasteiger partial charge in [0.2, 0.25) is 0 Å². The first-order valence-electron chi connectivity index (χ1n) is 6.01. The van der Waals surface area contributed by atoms with Gasteiger partial charge in [0.15, 0.2) is 0 Å². The van der Waals surface area contributed by atoms with Crippen LogP contribution in [0.3, 0.4) is 0 Å². The van der Waals surface area contributed by atoms with Crippen LogP contribution in [0.2, 0.25) is 0 Å². The number of hydrogen-bond donors (Lipinski definition) is 2. The van der Waals surface area contributed by atoms with E-state index in [-0.39, 0.29) is 6.04 Å². The Bertz CT molecular complexity index is 498. The van der Waals surface area contributed by atoms with Crippen molar-refractivity contribution < 1.29 is 8.42 Å². The standard InChI is InChI=1S/C10H19N5O2S/c1-14-8-9(7-12-14)13-18(16,17)15-5-3-2-4-10(15)6-11/h7-8,10,13H,2-6,11H2,1H3. The lowest BCUT2D eigenvalue weighted by molar-refractivity contribution is 0.259. The summed E-state index contributed by atoms with van der Waals surface area (Å²) >= 11 is 0. The first kappa shape index (κ1) is 13.3. The summed E-state index contributed by atoms with van der Waals surface area (Å²) < 4.78 is 30.1. The predicted molar refractivity (Wildman–Crippen MR) is 69.1 cm³/mol. The average Bonchev–Trinajstić information content (AvgIpc) is 2.74. The summed E-state index contributed by atoms with van der Waals surface area (Å²) in [4.78, 5) is 0. The Morgan fingerprint density at radius 1 is 1.56 bits per heavy atom. The van der Waals surface area contributed by atoms with E-state index in [1.165, 1.54) is 10.5 Å². The Morgan fingerprint density at radius 3 is 2.94 bits per heavy atom. The molecule has 0 radical (unpaired) electrons. The van der Waals surface area contributed by atoms with Gasteiger partial charge in [-0.3, -0.25) is 9.40 Å². The molecule has 0 amide bonds. The molecule has 1 atom stereocenters. The van der Waals surface area contributed by atoms with E-state index in [1.807, 2.05) is 0 Å². The Hall–Kier alpha value is -1.12. The van der Waals surface area contributed by atoms with Crippen LogP contribution in [0.4, 0.5) is 5.69 Å². The van der Waals surface area contributed by atoms with Gasteiger partial charge in [-0.25, -0.2) is 0 Å². The molecule has 18 heavy (non-hydrogen) atoms. The monoisotopic (exact) mass is 273 g/mol. The van der Waals surface area contributed by atoms with E-state index in [4.69, 9.17) is 5.73 Å². The number of aromatic nitrogens is 2. The van der Waals surface area contributed by atoms with Crippen molar-refractivity contribution >= 4 is 15.9 Å². The Balaban J connectivity index is 2.14. The van der Waals surface area contributed by atoms with Crippen molar-refractivity contribution in [3.63, 3.8) is 0 Å². The molecule has 1 aromatic rings. The van der Waals surface area contributed by atoms with Gasteiger partial charge >= 0.3 is 10.2 Å². The van der Waals surface area contributed by atoms with Gasteiger partial charge in [-0.1, -0.05) is 6.42 Å². The Labute approximate surface area is 107 Å². The molecule has 1 saturated heterocycles. The van der Waals surface area contributed by atoms with E-state index in [9.17, 15) is 8.42 Å². The molecule has 1 aliphatic heterocycles. The number of nitrogens with two attached hydrogens (primary N) is 1. The number of rotatable bonds is 4. The number of nitrogens with zero attached hydrogens (tertiary/aromatic N) is 3. The van der Waals surface area contributed by atoms with Gasteiger partial charge in [-0.2, -0.15) is 17.8 Å². The molecule has 0 saturated carbocycles. The van der Waals surface area contributed by atoms with Gasteiger partial charge in [-0.05, 0) is 12.8 Å². The van der Waals surface area contributed by atoms with Crippen molar-refractivity contribution in [2.75, 3.05) is 17.8 Å². The molecular formula is C10H19N5O2S. The number of hydrogen-bond acceptors (Lipinski definition) is 4. The second-order valence-corrected chi connectivity index (χ2v) is 6.13. The van der Waals surface area contributed by atoms with Crippen LogP contribution in [0.25, 0.3) is 0 Å². The zero-order valence-corrected chi connectivity index (χ0v) is 11.2. The third kappa shape index (κ3) is 2.82. The smallest absolute Gasteiger partial charge is 0.302 e. The van der Waals surface area contributed by atoms with E-state index in [1.54, 1.807) is 17.9 Å². The van der Waals surface area contributed by atoms with Gasteiger partial charge in [0.25, 0.3) is 0 Å². The fourth-order valence-corrected chi connectivity index (χ4v) is 3.68. The quantitative estimate of drug-likeness (QED) is 0.800. The molecule has 7 nitrogen and oxygen atoms in total. The van der Waals surface area contributed by atoms with Crippen molar-refractivity contribution in [3.05, 3.63) is 12.4 Å². The van der Waals surface area contributed by atoms with Gasteiger partial charge in [0, 0.05) is 32.4 Å². The lowest BCUT2D eigenvalue weighted by Crippen LogP contribution is -2.49. The van der Waals surface area contributed by atoms with Crippen LogP contribution >= 0.6 is 0 Å². The van der Waals surface area contributed by atoms with E-state index in [0.717, 1.165) is 19.3 Å². The molecule has 1 aromatic heterocycles. The van der Waals surface area contributed by atoms with E-state index < -0.39 is 10.2 Å². The van der Waals surface area contributed by atoms with Gasteiger partial charge in [-0.15, -0.1) is 0 Å². The highest BCUT2D eigenvalue weighted by Crippen LogP contribution is 2.21. The normalized spacial score (nSPS) is 22.0. The summed E-state index contributed by atoms with van der Waals surface area (Å²) in [6, 6.07) is -0.104. The second-order valence-electron chi connectivity index (χ2n) is 4.51. The minimum absolute atomic E-state index is 0.104. The maximum atomic E-state index is 12.3. The molecule has 0 aromatic carbocycles. The lowest BCUT2D eigenvalue weighted by atomic mass is 10.1. The summed E-state index contributed by atoms with van der Waals surface area (Å²) in [6.07, 6.45) is 5.84.